The molecule has 0 atom stereocenters. The molecule has 0 aliphatic heterocycles. The highest BCUT2D eigenvalue weighted by Gasteiger charge is 2.30. The molecule has 0 fully saturated rings. The minimum atomic E-state index is -1.20. The van der Waals surface area contributed by atoms with Crippen LogP contribution in [0.3, 0.4) is 0 Å². The Kier molecular flexibility index (Phi) is 4.49. The first kappa shape index (κ1) is 15.7. The minimum absolute atomic E-state index is 0.188. The maximum absolute atomic E-state index is 12.2. The summed E-state index contributed by atoms with van der Waals surface area (Å²) in [5, 5.41) is 15.6. The Hall–Kier alpha value is -1.65. The molecule has 0 aliphatic rings. The van der Waals surface area contributed by atoms with Gasteiger partial charge in [-0.25, -0.2) is 4.68 Å². The fraction of sp³-hybridized carbons (Fsp3) is 0.375. The summed E-state index contributed by atoms with van der Waals surface area (Å²) in [6.07, 6.45) is 0.880. The molecule has 4 nitrogen and oxygen atoms in total. The topological polar surface area (TPSA) is 55.1 Å². The van der Waals surface area contributed by atoms with Gasteiger partial charge in [0.1, 0.15) is 11.3 Å². The molecule has 1 aromatic carbocycles. The third-order valence-corrected chi connectivity index (χ3v) is 4.04. The highest BCUT2D eigenvalue weighted by molar-refractivity contribution is 6.30. The number of hydrogen-bond donors (Lipinski definition) is 1. The molecule has 5 heteroatoms. The van der Waals surface area contributed by atoms with Crippen molar-refractivity contribution in [3.63, 3.8) is 0 Å². The Bertz CT molecular complexity index is 688. The number of hydrogen-bond acceptors (Lipinski definition) is 3. The average Bonchev–Trinajstić information content (AvgIpc) is 2.48. The monoisotopic (exact) mass is 306 g/mol. The van der Waals surface area contributed by atoms with Crippen LogP contribution in [0.1, 0.15) is 38.1 Å². The first-order chi connectivity index (χ1) is 9.91. The Morgan fingerprint density at radius 1 is 1.24 bits per heavy atom. The van der Waals surface area contributed by atoms with Crippen molar-refractivity contribution in [2.45, 2.75) is 39.2 Å². The van der Waals surface area contributed by atoms with Crippen molar-refractivity contribution in [2.75, 3.05) is 0 Å². The quantitative estimate of drug-likeness (QED) is 0.943. The van der Waals surface area contributed by atoms with Crippen molar-refractivity contribution >= 4 is 11.6 Å². The number of nitrogens with zero attached hydrogens (tertiary/aromatic N) is 2. The van der Waals surface area contributed by atoms with E-state index < -0.39 is 5.60 Å². The smallest absolute Gasteiger partial charge is 0.206 e. The number of benzene rings is 1. The molecule has 2 rings (SSSR count). The van der Waals surface area contributed by atoms with Crippen molar-refractivity contribution in [1.82, 2.24) is 9.78 Å². The number of aryl methyl sites for hydroxylation is 1. The fourth-order valence-electron chi connectivity index (χ4n) is 2.30. The second-order valence-corrected chi connectivity index (χ2v) is 5.56. The maximum Gasteiger partial charge on any atom is 0.206 e. The molecule has 0 unspecified atom stereocenters. The normalized spacial score (nSPS) is 11.7. The number of rotatable bonds is 4. The molecule has 0 radical (unpaired) electrons. The second kappa shape index (κ2) is 6.00. The van der Waals surface area contributed by atoms with Crippen molar-refractivity contribution in [2.24, 2.45) is 0 Å². The molecule has 2 aromatic rings. The molecule has 0 aliphatic carbocycles. The summed E-state index contributed by atoms with van der Waals surface area (Å²) < 4.78 is 1.66. The SMILES string of the molecule is CCC(O)(CC)c1nn(-c2ccc(Cl)cc2)c(C)cc1=O. The average molecular weight is 307 g/mol. The van der Waals surface area contributed by atoms with Crippen LogP contribution in [0, 0.1) is 6.92 Å². The molecule has 21 heavy (non-hydrogen) atoms. The zero-order valence-corrected chi connectivity index (χ0v) is 13.2. The summed E-state index contributed by atoms with van der Waals surface area (Å²) in [5.41, 5.74) is 0.268. The van der Waals surface area contributed by atoms with Gasteiger partial charge in [-0.1, -0.05) is 25.4 Å². The van der Waals surface area contributed by atoms with Crippen LogP contribution in [0.5, 0.6) is 0 Å². The van der Waals surface area contributed by atoms with Gasteiger partial charge in [0.25, 0.3) is 0 Å². The van der Waals surface area contributed by atoms with Gasteiger partial charge in [-0.2, -0.15) is 5.10 Å². The van der Waals surface area contributed by atoms with Crippen molar-refractivity contribution in [3.05, 3.63) is 57.0 Å². The minimum Gasteiger partial charge on any atom is -0.383 e. The van der Waals surface area contributed by atoms with Crippen molar-refractivity contribution in [1.29, 1.82) is 0 Å². The van der Waals surface area contributed by atoms with Gasteiger partial charge in [-0.15, -0.1) is 0 Å². The molecule has 0 bridgehead atoms. The third-order valence-electron chi connectivity index (χ3n) is 3.79. The first-order valence-corrected chi connectivity index (χ1v) is 7.39. The van der Waals surface area contributed by atoms with Crippen LogP contribution in [0.2, 0.25) is 5.02 Å². The highest BCUT2D eigenvalue weighted by Crippen LogP contribution is 2.25. The van der Waals surface area contributed by atoms with Crippen LogP contribution in [-0.4, -0.2) is 14.9 Å². The summed E-state index contributed by atoms with van der Waals surface area (Å²) in [5.74, 6) is 0. The van der Waals surface area contributed by atoms with Gasteiger partial charge < -0.3 is 5.11 Å². The van der Waals surface area contributed by atoms with E-state index in [1.807, 2.05) is 32.9 Å². The molecule has 1 aromatic heterocycles. The standard InChI is InChI=1S/C16H19ClN2O2/c1-4-16(21,5-2)15-14(20)10-11(3)19(18-15)13-8-6-12(17)7-9-13/h6-10,21H,4-5H2,1-3H3. The number of aromatic nitrogens is 2. The van der Waals surface area contributed by atoms with E-state index in [0.29, 0.717) is 23.6 Å². The molecule has 0 saturated carbocycles. The molecule has 0 amide bonds. The largest absolute Gasteiger partial charge is 0.383 e. The summed E-state index contributed by atoms with van der Waals surface area (Å²) in [6.45, 7) is 5.50. The van der Waals surface area contributed by atoms with E-state index in [2.05, 4.69) is 5.10 Å². The fourth-order valence-corrected chi connectivity index (χ4v) is 2.42. The zero-order valence-electron chi connectivity index (χ0n) is 12.4. The maximum atomic E-state index is 12.2. The van der Waals surface area contributed by atoms with E-state index >= 15 is 0 Å². The van der Waals surface area contributed by atoms with E-state index in [4.69, 9.17) is 11.6 Å². The lowest BCUT2D eigenvalue weighted by atomic mass is 9.93. The Morgan fingerprint density at radius 3 is 2.33 bits per heavy atom. The van der Waals surface area contributed by atoms with Crippen LogP contribution in [0.15, 0.2) is 35.1 Å². The van der Waals surface area contributed by atoms with E-state index in [1.54, 1.807) is 16.8 Å². The summed E-state index contributed by atoms with van der Waals surface area (Å²) in [6, 6.07) is 8.69. The number of aliphatic hydroxyl groups is 1. The molecule has 112 valence electrons. The first-order valence-electron chi connectivity index (χ1n) is 7.01. The van der Waals surface area contributed by atoms with E-state index in [1.165, 1.54) is 6.07 Å². The van der Waals surface area contributed by atoms with E-state index in [-0.39, 0.29) is 11.1 Å². The molecule has 0 spiro atoms. The Morgan fingerprint density at radius 2 is 1.81 bits per heavy atom. The lowest BCUT2D eigenvalue weighted by Crippen LogP contribution is -2.34. The van der Waals surface area contributed by atoms with Crippen LogP contribution in [0.25, 0.3) is 5.69 Å². The molecule has 1 N–H and O–H groups in total. The predicted molar refractivity (Wildman–Crippen MR) is 84.1 cm³/mol. The van der Waals surface area contributed by atoms with E-state index in [0.717, 1.165) is 5.69 Å². The summed E-state index contributed by atoms with van der Waals surface area (Å²) in [4.78, 5) is 12.2. The van der Waals surface area contributed by atoms with Crippen molar-refractivity contribution in [3.8, 4) is 5.69 Å². The number of halogens is 1. The van der Waals surface area contributed by atoms with Gasteiger partial charge in [0.2, 0.25) is 5.43 Å². The zero-order chi connectivity index (χ0) is 15.6. The van der Waals surface area contributed by atoms with Crippen molar-refractivity contribution < 1.29 is 5.11 Å². The Labute approximate surface area is 129 Å². The highest BCUT2D eigenvalue weighted by atomic mass is 35.5. The summed E-state index contributed by atoms with van der Waals surface area (Å²) >= 11 is 5.89. The van der Waals surface area contributed by atoms with Crippen LogP contribution in [0.4, 0.5) is 0 Å². The molecular formula is C16H19ClN2O2. The van der Waals surface area contributed by atoms with Crippen LogP contribution >= 0.6 is 11.6 Å². The molecule has 0 saturated heterocycles. The van der Waals surface area contributed by atoms with Gasteiger partial charge in [0, 0.05) is 16.8 Å². The lowest BCUT2D eigenvalue weighted by molar-refractivity contribution is 0.0215. The molecular weight excluding hydrogens is 288 g/mol. The predicted octanol–water partition coefficient (Wildman–Crippen LogP) is 3.20. The van der Waals surface area contributed by atoms with Gasteiger partial charge >= 0.3 is 0 Å². The van der Waals surface area contributed by atoms with Crippen LogP contribution < -0.4 is 5.43 Å². The van der Waals surface area contributed by atoms with Gasteiger partial charge in [-0.3, -0.25) is 4.79 Å². The van der Waals surface area contributed by atoms with Gasteiger partial charge in [-0.05, 0) is 44.0 Å². The van der Waals surface area contributed by atoms with Gasteiger partial charge in [0.05, 0.1) is 5.69 Å². The lowest BCUT2D eigenvalue weighted by Gasteiger charge is -2.24. The third kappa shape index (κ3) is 3.01. The Balaban J connectivity index is 2.64. The van der Waals surface area contributed by atoms with Crippen LogP contribution in [-0.2, 0) is 5.60 Å². The molecule has 1 heterocycles. The van der Waals surface area contributed by atoms with E-state index in [9.17, 15) is 9.90 Å². The second-order valence-electron chi connectivity index (χ2n) is 5.13. The van der Waals surface area contributed by atoms with Gasteiger partial charge in [0.15, 0.2) is 0 Å². The summed E-state index contributed by atoms with van der Waals surface area (Å²) in [7, 11) is 0.